The molecule has 0 aliphatic carbocycles. The molecule has 0 saturated heterocycles. The van der Waals surface area contributed by atoms with Crippen LogP contribution in [0.15, 0.2) is 23.4 Å². The maximum absolute atomic E-state index is 12.0. The normalized spacial score (nSPS) is 13.4. The number of carbonyl (C=O) groups excluding carboxylic acids is 1. The SMILES string of the molecule is Cc1ccc(C(N)=NO)cc1NC(=O)C(C)C(C)C. The first-order chi connectivity index (χ1) is 8.86. The van der Waals surface area contributed by atoms with E-state index in [2.05, 4.69) is 10.5 Å². The Morgan fingerprint density at radius 2 is 2.00 bits per heavy atom. The average molecular weight is 263 g/mol. The Balaban J connectivity index is 2.98. The van der Waals surface area contributed by atoms with E-state index in [0.717, 1.165) is 5.56 Å². The summed E-state index contributed by atoms with van der Waals surface area (Å²) in [6, 6.07) is 5.27. The van der Waals surface area contributed by atoms with Crippen LogP contribution in [0, 0.1) is 18.8 Å². The molecule has 0 saturated carbocycles. The summed E-state index contributed by atoms with van der Waals surface area (Å²) in [7, 11) is 0. The maximum Gasteiger partial charge on any atom is 0.227 e. The predicted octanol–water partition coefficient (Wildman–Crippen LogP) is 2.32. The van der Waals surface area contributed by atoms with Crippen LogP contribution in [-0.2, 0) is 4.79 Å². The quantitative estimate of drug-likeness (QED) is 0.337. The number of nitrogens with zero attached hydrogens (tertiary/aromatic N) is 1. The lowest BCUT2D eigenvalue weighted by Gasteiger charge is -2.17. The van der Waals surface area contributed by atoms with Gasteiger partial charge in [0.25, 0.3) is 0 Å². The summed E-state index contributed by atoms with van der Waals surface area (Å²) < 4.78 is 0. The number of nitrogens with one attached hydrogen (secondary N) is 1. The Labute approximate surface area is 113 Å². The predicted molar refractivity (Wildman–Crippen MR) is 76.3 cm³/mol. The van der Waals surface area contributed by atoms with Crippen LogP contribution in [0.25, 0.3) is 0 Å². The van der Waals surface area contributed by atoms with Gasteiger partial charge in [-0.15, -0.1) is 0 Å². The molecule has 19 heavy (non-hydrogen) atoms. The van der Waals surface area contributed by atoms with Crippen molar-refractivity contribution in [2.75, 3.05) is 5.32 Å². The molecule has 0 aliphatic heterocycles. The van der Waals surface area contributed by atoms with Gasteiger partial charge in [0, 0.05) is 17.2 Å². The highest BCUT2D eigenvalue weighted by atomic mass is 16.4. The van der Waals surface area contributed by atoms with Crippen molar-refractivity contribution in [2.45, 2.75) is 27.7 Å². The number of aryl methyl sites for hydroxylation is 1. The number of rotatable bonds is 4. The van der Waals surface area contributed by atoms with Crippen molar-refractivity contribution in [1.29, 1.82) is 0 Å². The van der Waals surface area contributed by atoms with Crippen LogP contribution in [0.5, 0.6) is 0 Å². The van der Waals surface area contributed by atoms with Crippen LogP contribution in [0.3, 0.4) is 0 Å². The lowest BCUT2D eigenvalue weighted by Crippen LogP contribution is -2.25. The zero-order valence-electron chi connectivity index (χ0n) is 11.8. The smallest absolute Gasteiger partial charge is 0.227 e. The molecule has 0 heterocycles. The van der Waals surface area contributed by atoms with Gasteiger partial charge >= 0.3 is 0 Å². The van der Waals surface area contributed by atoms with Gasteiger partial charge in [0.1, 0.15) is 0 Å². The second-order valence-electron chi connectivity index (χ2n) is 5.04. The summed E-state index contributed by atoms with van der Waals surface area (Å²) >= 11 is 0. The van der Waals surface area contributed by atoms with Crippen LogP contribution < -0.4 is 11.1 Å². The number of oxime groups is 1. The van der Waals surface area contributed by atoms with E-state index < -0.39 is 0 Å². The van der Waals surface area contributed by atoms with Crippen molar-refractivity contribution >= 4 is 17.4 Å². The third-order valence-corrected chi connectivity index (χ3v) is 3.31. The van der Waals surface area contributed by atoms with Gasteiger partial charge in [-0.3, -0.25) is 4.79 Å². The first-order valence-corrected chi connectivity index (χ1v) is 6.26. The van der Waals surface area contributed by atoms with Gasteiger partial charge in [-0.2, -0.15) is 0 Å². The van der Waals surface area contributed by atoms with Crippen molar-refractivity contribution in [3.63, 3.8) is 0 Å². The van der Waals surface area contributed by atoms with E-state index in [1.807, 2.05) is 33.8 Å². The summed E-state index contributed by atoms with van der Waals surface area (Å²) in [4.78, 5) is 12.0. The number of benzene rings is 1. The standard InChI is InChI=1S/C14H21N3O2/c1-8(2)10(4)14(18)16-12-7-11(13(15)17-19)6-5-9(12)3/h5-8,10,19H,1-4H3,(H2,15,17)(H,16,18). The molecule has 1 aromatic carbocycles. The molecular weight excluding hydrogens is 242 g/mol. The summed E-state index contributed by atoms with van der Waals surface area (Å²) in [5.74, 6) is 0.182. The number of hydrogen-bond donors (Lipinski definition) is 3. The second kappa shape index (κ2) is 6.22. The molecule has 0 aromatic heterocycles. The van der Waals surface area contributed by atoms with E-state index in [-0.39, 0.29) is 23.6 Å². The van der Waals surface area contributed by atoms with Gasteiger partial charge in [0.05, 0.1) is 0 Å². The van der Waals surface area contributed by atoms with E-state index in [1.54, 1.807) is 12.1 Å². The van der Waals surface area contributed by atoms with E-state index in [1.165, 1.54) is 0 Å². The Morgan fingerprint density at radius 1 is 1.37 bits per heavy atom. The fourth-order valence-corrected chi connectivity index (χ4v) is 1.52. The first-order valence-electron chi connectivity index (χ1n) is 6.26. The highest BCUT2D eigenvalue weighted by Crippen LogP contribution is 2.19. The van der Waals surface area contributed by atoms with Crippen molar-refractivity contribution in [2.24, 2.45) is 22.7 Å². The molecule has 0 aliphatic rings. The summed E-state index contributed by atoms with van der Waals surface area (Å²) in [5, 5.41) is 14.5. The van der Waals surface area contributed by atoms with E-state index in [0.29, 0.717) is 11.3 Å². The molecule has 4 N–H and O–H groups in total. The number of anilines is 1. The summed E-state index contributed by atoms with van der Waals surface area (Å²) in [5.41, 5.74) is 7.72. The fourth-order valence-electron chi connectivity index (χ4n) is 1.52. The molecule has 0 fully saturated rings. The minimum Gasteiger partial charge on any atom is -0.409 e. The summed E-state index contributed by atoms with van der Waals surface area (Å²) in [6.07, 6.45) is 0. The number of carbonyl (C=O) groups is 1. The van der Waals surface area contributed by atoms with Crippen LogP contribution >= 0.6 is 0 Å². The molecule has 1 rings (SSSR count). The Morgan fingerprint density at radius 3 is 2.53 bits per heavy atom. The van der Waals surface area contributed by atoms with E-state index in [9.17, 15) is 4.79 Å². The monoisotopic (exact) mass is 263 g/mol. The molecule has 0 radical (unpaired) electrons. The fraction of sp³-hybridized carbons (Fsp3) is 0.429. The molecule has 5 nitrogen and oxygen atoms in total. The van der Waals surface area contributed by atoms with E-state index >= 15 is 0 Å². The molecule has 1 aromatic rings. The molecule has 5 heteroatoms. The molecular formula is C14H21N3O2. The summed E-state index contributed by atoms with van der Waals surface area (Å²) in [6.45, 7) is 7.79. The van der Waals surface area contributed by atoms with Gasteiger partial charge in [-0.25, -0.2) is 0 Å². The van der Waals surface area contributed by atoms with Crippen LogP contribution in [-0.4, -0.2) is 17.0 Å². The highest BCUT2D eigenvalue weighted by molar-refractivity contribution is 6.00. The van der Waals surface area contributed by atoms with Crippen molar-refractivity contribution in [3.05, 3.63) is 29.3 Å². The van der Waals surface area contributed by atoms with Gasteiger partial charge < -0.3 is 16.3 Å². The zero-order valence-corrected chi connectivity index (χ0v) is 11.8. The first kappa shape index (κ1) is 15.0. The van der Waals surface area contributed by atoms with Gasteiger partial charge in [-0.1, -0.05) is 38.1 Å². The van der Waals surface area contributed by atoms with Crippen molar-refractivity contribution in [3.8, 4) is 0 Å². The Hall–Kier alpha value is -2.04. The minimum atomic E-state index is -0.0769. The molecule has 0 bridgehead atoms. The Bertz CT molecular complexity index is 495. The maximum atomic E-state index is 12.0. The molecule has 0 spiro atoms. The van der Waals surface area contributed by atoms with Crippen LogP contribution in [0.4, 0.5) is 5.69 Å². The van der Waals surface area contributed by atoms with Crippen LogP contribution in [0.2, 0.25) is 0 Å². The number of amides is 1. The molecule has 104 valence electrons. The minimum absolute atomic E-state index is 0.0207. The lowest BCUT2D eigenvalue weighted by atomic mass is 9.97. The van der Waals surface area contributed by atoms with Gasteiger partial charge in [-0.05, 0) is 24.5 Å². The van der Waals surface area contributed by atoms with E-state index in [4.69, 9.17) is 10.9 Å². The molecule has 1 atom stereocenters. The Kier molecular flexibility index (Phi) is 4.92. The lowest BCUT2D eigenvalue weighted by molar-refractivity contribution is -0.120. The van der Waals surface area contributed by atoms with Crippen LogP contribution in [0.1, 0.15) is 31.9 Å². The van der Waals surface area contributed by atoms with Gasteiger partial charge in [0.2, 0.25) is 5.91 Å². The average Bonchev–Trinajstić information content (AvgIpc) is 2.39. The number of nitrogens with two attached hydrogens (primary N) is 1. The highest BCUT2D eigenvalue weighted by Gasteiger charge is 2.17. The molecule has 1 unspecified atom stereocenters. The van der Waals surface area contributed by atoms with Crippen molar-refractivity contribution < 1.29 is 10.0 Å². The zero-order chi connectivity index (χ0) is 14.6. The third-order valence-electron chi connectivity index (χ3n) is 3.31. The second-order valence-corrected chi connectivity index (χ2v) is 5.04. The topological polar surface area (TPSA) is 87.7 Å². The number of hydrogen-bond acceptors (Lipinski definition) is 3. The van der Waals surface area contributed by atoms with Crippen molar-refractivity contribution in [1.82, 2.24) is 0 Å². The van der Waals surface area contributed by atoms with Gasteiger partial charge in [0.15, 0.2) is 5.84 Å². The number of amidine groups is 1. The largest absolute Gasteiger partial charge is 0.409 e. The third kappa shape index (κ3) is 3.71. The molecule has 1 amide bonds.